The molecule has 0 spiro atoms. The fourth-order valence-electron chi connectivity index (χ4n) is 2.97. The number of nitrogens with one attached hydrogen (secondary N) is 1. The van der Waals surface area contributed by atoms with Gasteiger partial charge in [0.15, 0.2) is 0 Å². The summed E-state index contributed by atoms with van der Waals surface area (Å²) in [6.07, 6.45) is 3.54. The van der Waals surface area contributed by atoms with Gasteiger partial charge in [-0.1, -0.05) is 12.1 Å². The minimum Gasteiger partial charge on any atom is -0.353 e. The van der Waals surface area contributed by atoms with Gasteiger partial charge in [0.05, 0.1) is 13.1 Å². The lowest BCUT2D eigenvalue weighted by Gasteiger charge is -2.32. The number of rotatable bonds is 3. The van der Waals surface area contributed by atoms with Crippen LogP contribution in [0.1, 0.15) is 18.4 Å². The Kier molecular flexibility index (Phi) is 3.92. The van der Waals surface area contributed by atoms with Crippen molar-refractivity contribution < 1.29 is 9.59 Å². The molecule has 0 radical (unpaired) electrons. The fraction of sp³-hybridized carbons (Fsp3) is 0.500. The van der Waals surface area contributed by atoms with Gasteiger partial charge in [0.1, 0.15) is 0 Å². The molecule has 1 unspecified atom stereocenters. The lowest BCUT2D eigenvalue weighted by molar-refractivity contribution is -0.143. The van der Waals surface area contributed by atoms with Gasteiger partial charge in [-0.05, 0) is 43.5 Å². The normalized spacial score (nSPS) is 23.0. The number of hydrogen-bond acceptors (Lipinski definition) is 4. The van der Waals surface area contributed by atoms with Crippen LogP contribution in [0.2, 0.25) is 0 Å². The van der Waals surface area contributed by atoms with Crippen LogP contribution < -0.4 is 10.2 Å². The molecule has 1 aromatic rings. The summed E-state index contributed by atoms with van der Waals surface area (Å²) in [5.41, 5.74) is 2.23. The van der Waals surface area contributed by atoms with Crippen LogP contribution in [0.4, 0.5) is 5.69 Å². The number of nitrogens with zero attached hydrogens (tertiary/aromatic N) is 2. The van der Waals surface area contributed by atoms with E-state index >= 15 is 0 Å². The van der Waals surface area contributed by atoms with Gasteiger partial charge in [0, 0.05) is 18.8 Å². The summed E-state index contributed by atoms with van der Waals surface area (Å²) in [6, 6.07) is 8.81. The van der Waals surface area contributed by atoms with Crippen molar-refractivity contribution >= 4 is 17.5 Å². The van der Waals surface area contributed by atoms with E-state index in [1.807, 2.05) is 17.0 Å². The molecule has 1 N–H and O–H groups in total. The van der Waals surface area contributed by atoms with E-state index in [-0.39, 0.29) is 24.9 Å². The topological polar surface area (TPSA) is 52.7 Å². The molecule has 0 saturated carbocycles. The summed E-state index contributed by atoms with van der Waals surface area (Å²) in [5.74, 6) is -0.295. The molecule has 2 fully saturated rings. The smallest absolute Gasteiger partial charge is 0.248 e. The summed E-state index contributed by atoms with van der Waals surface area (Å²) in [4.78, 5) is 26.5. The number of benzene rings is 1. The number of anilines is 1. The third-order valence-corrected chi connectivity index (χ3v) is 4.35. The molecule has 3 rings (SSSR count). The van der Waals surface area contributed by atoms with E-state index in [1.165, 1.54) is 23.3 Å². The second kappa shape index (κ2) is 5.85. The van der Waals surface area contributed by atoms with E-state index in [2.05, 4.69) is 17.4 Å². The molecule has 5 nitrogen and oxygen atoms in total. The number of carbonyl (C=O) groups is 2. The zero-order valence-corrected chi connectivity index (χ0v) is 12.3. The van der Waals surface area contributed by atoms with Gasteiger partial charge in [-0.25, -0.2) is 0 Å². The monoisotopic (exact) mass is 287 g/mol. The molecular weight excluding hydrogens is 266 g/mol. The molecule has 21 heavy (non-hydrogen) atoms. The fourth-order valence-corrected chi connectivity index (χ4v) is 2.97. The highest BCUT2D eigenvalue weighted by molar-refractivity contribution is 6.02. The van der Waals surface area contributed by atoms with E-state index in [1.54, 1.807) is 7.05 Å². The number of carbonyl (C=O) groups excluding carboxylic acids is 2. The predicted octanol–water partition coefficient (Wildman–Crippen LogP) is 0.786. The van der Waals surface area contributed by atoms with Crippen molar-refractivity contribution in [2.75, 3.05) is 31.6 Å². The van der Waals surface area contributed by atoms with Crippen LogP contribution in [-0.2, 0) is 16.0 Å². The van der Waals surface area contributed by atoms with Crippen LogP contribution in [0.25, 0.3) is 0 Å². The van der Waals surface area contributed by atoms with Gasteiger partial charge in [-0.15, -0.1) is 0 Å². The Bertz CT molecular complexity index is 517. The number of piperazine rings is 1. The lowest BCUT2D eigenvalue weighted by Crippen LogP contribution is -2.52. The van der Waals surface area contributed by atoms with E-state index < -0.39 is 0 Å². The Morgan fingerprint density at radius 2 is 1.81 bits per heavy atom. The predicted molar refractivity (Wildman–Crippen MR) is 81.2 cm³/mol. The highest BCUT2D eigenvalue weighted by atomic mass is 16.2. The molecule has 2 amide bonds. The van der Waals surface area contributed by atoms with Crippen molar-refractivity contribution in [3.05, 3.63) is 29.8 Å². The number of amides is 2. The maximum Gasteiger partial charge on any atom is 0.248 e. The largest absolute Gasteiger partial charge is 0.353 e. The summed E-state index contributed by atoms with van der Waals surface area (Å²) in [7, 11) is 1.54. The number of likely N-dealkylation sites (N-methyl/N-ethyl adjacent to an activating group) is 1. The van der Waals surface area contributed by atoms with Crippen LogP contribution in [-0.4, -0.2) is 49.4 Å². The third-order valence-electron chi connectivity index (χ3n) is 4.35. The number of imide groups is 1. The maximum atomic E-state index is 11.7. The molecule has 0 aromatic heterocycles. The molecule has 0 aliphatic carbocycles. The van der Waals surface area contributed by atoms with E-state index in [9.17, 15) is 9.59 Å². The van der Waals surface area contributed by atoms with E-state index in [0.717, 1.165) is 18.7 Å². The quantitative estimate of drug-likeness (QED) is 0.835. The van der Waals surface area contributed by atoms with Gasteiger partial charge in [0.25, 0.3) is 0 Å². The van der Waals surface area contributed by atoms with Crippen molar-refractivity contribution in [3.63, 3.8) is 0 Å². The third kappa shape index (κ3) is 3.08. The number of hydrogen-bond donors (Lipinski definition) is 1. The Hall–Kier alpha value is -1.88. The first kappa shape index (κ1) is 14.1. The average molecular weight is 287 g/mol. The lowest BCUT2D eigenvalue weighted by atomic mass is 10.0. The Morgan fingerprint density at radius 1 is 1.14 bits per heavy atom. The van der Waals surface area contributed by atoms with Crippen LogP contribution in [0, 0.1) is 0 Å². The maximum absolute atomic E-state index is 11.7. The summed E-state index contributed by atoms with van der Waals surface area (Å²) in [6.45, 7) is 1.66. The molecule has 2 heterocycles. The second-order valence-electron chi connectivity index (χ2n) is 5.87. The van der Waals surface area contributed by atoms with Crippen molar-refractivity contribution in [2.45, 2.75) is 25.3 Å². The summed E-state index contributed by atoms with van der Waals surface area (Å²) < 4.78 is 0. The minimum atomic E-state index is -0.148. The van der Waals surface area contributed by atoms with E-state index in [0.29, 0.717) is 6.04 Å². The molecule has 112 valence electrons. The zero-order chi connectivity index (χ0) is 14.8. The molecule has 1 atom stereocenters. The SMILES string of the molecule is CN1C(=O)CN(c2ccc(CC3CCCN3)cc2)CC1=O. The molecule has 2 saturated heterocycles. The highest BCUT2D eigenvalue weighted by Gasteiger charge is 2.28. The van der Waals surface area contributed by atoms with Gasteiger partial charge in [-0.2, -0.15) is 0 Å². The van der Waals surface area contributed by atoms with Crippen LogP contribution in [0.5, 0.6) is 0 Å². The standard InChI is InChI=1S/C16H21N3O2/c1-18-15(20)10-19(11-16(18)21)14-6-4-12(5-7-14)9-13-3-2-8-17-13/h4-7,13,17H,2-3,8-11H2,1H3. The van der Waals surface area contributed by atoms with Crippen molar-refractivity contribution in [1.29, 1.82) is 0 Å². The highest BCUT2D eigenvalue weighted by Crippen LogP contribution is 2.19. The Labute approximate surface area is 124 Å². The first-order valence-corrected chi connectivity index (χ1v) is 7.50. The van der Waals surface area contributed by atoms with Crippen LogP contribution >= 0.6 is 0 Å². The summed E-state index contributed by atoms with van der Waals surface area (Å²) >= 11 is 0. The van der Waals surface area contributed by atoms with Gasteiger partial charge in [-0.3, -0.25) is 14.5 Å². The molecule has 5 heteroatoms. The molecule has 2 aliphatic heterocycles. The molecular formula is C16H21N3O2. The Morgan fingerprint density at radius 3 is 2.38 bits per heavy atom. The zero-order valence-electron chi connectivity index (χ0n) is 12.3. The minimum absolute atomic E-state index is 0.148. The van der Waals surface area contributed by atoms with Crippen molar-refractivity contribution in [3.8, 4) is 0 Å². The van der Waals surface area contributed by atoms with Crippen LogP contribution in [0.3, 0.4) is 0 Å². The summed E-state index contributed by atoms with van der Waals surface area (Å²) in [5, 5.41) is 3.49. The first-order valence-electron chi connectivity index (χ1n) is 7.50. The Balaban J connectivity index is 1.66. The molecule has 2 aliphatic rings. The van der Waals surface area contributed by atoms with Crippen molar-refractivity contribution in [2.24, 2.45) is 0 Å². The van der Waals surface area contributed by atoms with Crippen LogP contribution in [0.15, 0.2) is 24.3 Å². The van der Waals surface area contributed by atoms with Gasteiger partial charge < -0.3 is 10.2 Å². The second-order valence-corrected chi connectivity index (χ2v) is 5.87. The van der Waals surface area contributed by atoms with Gasteiger partial charge in [0.2, 0.25) is 11.8 Å². The molecule has 0 bridgehead atoms. The van der Waals surface area contributed by atoms with Crippen molar-refractivity contribution in [1.82, 2.24) is 10.2 Å². The van der Waals surface area contributed by atoms with Gasteiger partial charge >= 0.3 is 0 Å². The van der Waals surface area contributed by atoms with E-state index in [4.69, 9.17) is 0 Å². The average Bonchev–Trinajstić information content (AvgIpc) is 2.98. The molecule has 1 aromatic carbocycles. The first-order chi connectivity index (χ1) is 10.1.